The summed E-state index contributed by atoms with van der Waals surface area (Å²) in [4.78, 5) is 25.2. The van der Waals surface area contributed by atoms with Gasteiger partial charge in [0.2, 0.25) is 11.8 Å². The molecule has 0 bridgehead atoms. The first kappa shape index (κ1) is 22.7. The fourth-order valence-electron chi connectivity index (χ4n) is 8.10. The SMILES string of the molecule is C[C@]12CCC(=O)N[C@@H]1CC[C@@H]1[C@@H]2CC[C@]2(C)[C@@H](C(=O)Nc3ccc(C(F)(F)F)cc3)CC[C@@H]12. The number of hydrogen-bond donors (Lipinski definition) is 2. The van der Waals surface area contributed by atoms with Crippen LogP contribution in [-0.2, 0) is 15.8 Å². The Kier molecular flexibility index (Phi) is 5.33. The van der Waals surface area contributed by atoms with Crippen LogP contribution in [0.2, 0.25) is 0 Å². The minimum Gasteiger partial charge on any atom is -0.353 e. The van der Waals surface area contributed by atoms with E-state index in [0.29, 0.717) is 29.9 Å². The molecule has 2 N–H and O–H groups in total. The highest BCUT2D eigenvalue weighted by Crippen LogP contribution is 2.65. The molecule has 2 amide bonds. The Hall–Kier alpha value is -2.05. The second-order valence-electron chi connectivity index (χ2n) is 11.3. The highest BCUT2D eigenvalue weighted by Gasteiger charge is 2.61. The molecular formula is C26H33F3N2O2. The number of rotatable bonds is 2. The lowest BCUT2D eigenvalue weighted by Gasteiger charge is -2.60. The maximum absolute atomic E-state index is 13.3. The predicted octanol–water partition coefficient (Wildman–Crippen LogP) is 5.78. The molecule has 4 nitrogen and oxygen atoms in total. The zero-order valence-corrected chi connectivity index (χ0v) is 19.3. The van der Waals surface area contributed by atoms with Gasteiger partial charge in [0.15, 0.2) is 0 Å². The Balaban J connectivity index is 1.31. The van der Waals surface area contributed by atoms with Crippen molar-refractivity contribution in [2.45, 2.75) is 77.4 Å². The zero-order chi connectivity index (χ0) is 23.6. The van der Waals surface area contributed by atoms with E-state index in [1.165, 1.54) is 12.1 Å². The van der Waals surface area contributed by atoms with Gasteiger partial charge in [-0.25, -0.2) is 0 Å². The molecule has 0 spiro atoms. The number of benzene rings is 1. The zero-order valence-electron chi connectivity index (χ0n) is 19.3. The second kappa shape index (κ2) is 7.74. The lowest BCUT2D eigenvalue weighted by molar-refractivity contribution is -0.140. The summed E-state index contributed by atoms with van der Waals surface area (Å²) in [5.41, 5.74) is -0.244. The fraction of sp³-hybridized carbons (Fsp3) is 0.692. The number of hydrogen-bond acceptors (Lipinski definition) is 2. The summed E-state index contributed by atoms with van der Waals surface area (Å²) >= 11 is 0. The molecule has 4 aliphatic rings. The smallest absolute Gasteiger partial charge is 0.353 e. The van der Waals surface area contributed by atoms with Gasteiger partial charge in [-0.3, -0.25) is 9.59 Å². The predicted molar refractivity (Wildman–Crippen MR) is 119 cm³/mol. The highest BCUT2D eigenvalue weighted by molar-refractivity contribution is 5.93. The van der Waals surface area contributed by atoms with Gasteiger partial charge in [0.05, 0.1) is 5.56 Å². The average molecular weight is 463 g/mol. The van der Waals surface area contributed by atoms with E-state index in [2.05, 4.69) is 24.5 Å². The van der Waals surface area contributed by atoms with E-state index >= 15 is 0 Å². The molecule has 7 heteroatoms. The summed E-state index contributed by atoms with van der Waals surface area (Å²) in [5.74, 6) is 1.62. The van der Waals surface area contributed by atoms with E-state index in [0.717, 1.165) is 57.1 Å². The van der Waals surface area contributed by atoms with Crippen LogP contribution < -0.4 is 10.6 Å². The summed E-state index contributed by atoms with van der Waals surface area (Å²) in [6.45, 7) is 4.62. The van der Waals surface area contributed by atoms with Gasteiger partial charge in [-0.2, -0.15) is 13.2 Å². The van der Waals surface area contributed by atoms with Crippen molar-refractivity contribution >= 4 is 17.5 Å². The Bertz CT molecular complexity index is 946. The van der Waals surface area contributed by atoms with Crippen LogP contribution >= 0.6 is 0 Å². The van der Waals surface area contributed by atoms with Crippen LogP contribution in [0.5, 0.6) is 0 Å². The van der Waals surface area contributed by atoms with Crippen molar-refractivity contribution in [2.24, 2.45) is 34.5 Å². The number of alkyl halides is 3. The van der Waals surface area contributed by atoms with E-state index in [9.17, 15) is 22.8 Å². The van der Waals surface area contributed by atoms with E-state index in [1.807, 2.05) is 0 Å². The molecule has 3 saturated carbocycles. The molecule has 1 heterocycles. The molecule has 1 aromatic carbocycles. The summed E-state index contributed by atoms with van der Waals surface area (Å²) in [5, 5.41) is 6.15. The Morgan fingerprint density at radius 3 is 2.36 bits per heavy atom. The van der Waals surface area contributed by atoms with Gasteiger partial charge >= 0.3 is 6.18 Å². The first-order valence-corrected chi connectivity index (χ1v) is 12.3. The van der Waals surface area contributed by atoms with Crippen molar-refractivity contribution in [3.05, 3.63) is 29.8 Å². The van der Waals surface area contributed by atoms with E-state index in [1.54, 1.807) is 0 Å². The molecule has 3 aliphatic carbocycles. The molecular weight excluding hydrogens is 429 g/mol. The van der Waals surface area contributed by atoms with Crippen molar-refractivity contribution in [1.82, 2.24) is 5.32 Å². The Morgan fingerprint density at radius 2 is 1.67 bits per heavy atom. The lowest BCUT2D eigenvalue weighted by atomic mass is 9.47. The number of fused-ring (bicyclic) bond motifs is 5. The molecule has 1 saturated heterocycles. The van der Waals surface area contributed by atoms with Crippen LogP contribution in [0.4, 0.5) is 18.9 Å². The quantitative estimate of drug-likeness (QED) is 0.585. The van der Waals surface area contributed by atoms with Gasteiger partial charge in [-0.05, 0) is 97.8 Å². The molecule has 0 unspecified atom stereocenters. The summed E-state index contributed by atoms with van der Waals surface area (Å²) in [6.07, 6.45) is 3.19. The van der Waals surface area contributed by atoms with Crippen LogP contribution in [0.3, 0.4) is 0 Å². The second-order valence-corrected chi connectivity index (χ2v) is 11.3. The average Bonchev–Trinajstić information content (AvgIpc) is 3.11. The molecule has 7 atom stereocenters. The van der Waals surface area contributed by atoms with E-state index < -0.39 is 11.7 Å². The van der Waals surface area contributed by atoms with Crippen LogP contribution in [0.1, 0.15) is 70.8 Å². The molecule has 33 heavy (non-hydrogen) atoms. The summed E-state index contributed by atoms with van der Waals surface area (Å²) < 4.78 is 38.5. The third-order valence-corrected chi connectivity index (χ3v) is 9.89. The maximum atomic E-state index is 13.3. The third kappa shape index (κ3) is 3.66. The first-order valence-electron chi connectivity index (χ1n) is 12.3. The van der Waals surface area contributed by atoms with Crippen molar-refractivity contribution in [3.8, 4) is 0 Å². The van der Waals surface area contributed by atoms with Crippen LogP contribution in [0, 0.1) is 34.5 Å². The molecule has 5 rings (SSSR count). The van der Waals surface area contributed by atoms with Gasteiger partial charge in [0, 0.05) is 24.1 Å². The van der Waals surface area contributed by atoms with Gasteiger partial charge in [0.25, 0.3) is 0 Å². The lowest BCUT2D eigenvalue weighted by Crippen LogP contribution is -2.61. The number of nitrogens with one attached hydrogen (secondary N) is 2. The van der Waals surface area contributed by atoms with E-state index in [-0.39, 0.29) is 34.6 Å². The van der Waals surface area contributed by atoms with Gasteiger partial charge in [0.1, 0.15) is 0 Å². The number of carbonyl (C=O) groups excluding carboxylic acids is 2. The monoisotopic (exact) mass is 462 g/mol. The molecule has 0 radical (unpaired) electrons. The van der Waals surface area contributed by atoms with E-state index in [4.69, 9.17) is 0 Å². The maximum Gasteiger partial charge on any atom is 0.416 e. The van der Waals surface area contributed by atoms with Crippen molar-refractivity contribution in [1.29, 1.82) is 0 Å². The first-order chi connectivity index (χ1) is 15.5. The van der Waals surface area contributed by atoms with Crippen molar-refractivity contribution < 1.29 is 22.8 Å². The number of piperidine rings is 1. The van der Waals surface area contributed by atoms with Gasteiger partial charge in [-0.1, -0.05) is 13.8 Å². The third-order valence-electron chi connectivity index (χ3n) is 9.89. The standard InChI is InChI=1S/C26H33F3N2O2/c1-24-13-11-19-17(7-10-21-25(19,2)14-12-22(32)31-21)18(24)8-9-20(24)23(33)30-16-5-3-15(4-6-16)26(27,28)29/h3-6,17-21H,7-14H2,1-2H3,(H,30,33)(H,31,32)/t17-,18-,19-,20+,21+,24-,25+/m0/s1. The molecule has 180 valence electrons. The minimum absolute atomic E-state index is 0.0666. The topological polar surface area (TPSA) is 58.2 Å². The molecule has 1 aromatic rings. The Labute approximate surface area is 193 Å². The molecule has 4 fully saturated rings. The van der Waals surface area contributed by atoms with Crippen molar-refractivity contribution in [2.75, 3.05) is 5.32 Å². The van der Waals surface area contributed by atoms with Gasteiger partial charge in [-0.15, -0.1) is 0 Å². The molecule has 1 aliphatic heterocycles. The highest BCUT2D eigenvalue weighted by atomic mass is 19.4. The Morgan fingerprint density at radius 1 is 0.970 bits per heavy atom. The van der Waals surface area contributed by atoms with Crippen molar-refractivity contribution in [3.63, 3.8) is 0 Å². The summed E-state index contributed by atoms with van der Waals surface area (Å²) in [7, 11) is 0. The normalized spacial score (nSPS) is 40.3. The molecule has 0 aromatic heterocycles. The summed E-state index contributed by atoms with van der Waals surface area (Å²) in [6, 6.07) is 4.98. The number of carbonyl (C=O) groups is 2. The number of anilines is 1. The van der Waals surface area contributed by atoms with Crippen LogP contribution in [0.25, 0.3) is 0 Å². The van der Waals surface area contributed by atoms with Crippen LogP contribution in [-0.4, -0.2) is 17.9 Å². The van der Waals surface area contributed by atoms with Crippen LogP contribution in [0.15, 0.2) is 24.3 Å². The fourth-order valence-corrected chi connectivity index (χ4v) is 8.10. The largest absolute Gasteiger partial charge is 0.416 e. The number of halogens is 3. The minimum atomic E-state index is -4.38. The van der Waals surface area contributed by atoms with Gasteiger partial charge < -0.3 is 10.6 Å². The number of amides is 2.